The molecule has 0 saturated heterocycles. The largest absolute Gasteiger partial charge is 0.388 e. The number of amides is 1. The molecular weight excluding hydrogens is 257 g/mol. The van der Waals surface area contributed by atoms with Gasteiger partial charge in [-0.1, -0.05) is 24.9 Å². The first-order valence-electron chi connectivity index (χ1n) is 5.81. The van der Waals surface area contributed by atoms with Crippen LogP contribution in [0.1, 0.15) is 37.0 Å². The van der Waals surface area contributed by atoms with E-state index in [9.17, 15) is 14.3 Å². The second kappa shape index (κ2) is 6.16. The van der Waals surface area contributed by atoms with Crippen LogP contribution in [-0.4, -0.2) is 23.2 Å². The molecule has 0 heterocycles. The smallest absolute Gasteiger partial charge is 0.254 e. The zero-order valence-electron chi connectivity index (χ0n) is 10.5. The van der Waals surface area contributed by atoms with Crippen molar-refractivity contribution in [2.24, 2.45) is 0 Å². The summed E-state index contributed by atoms with van der Waals surface area (Å²) in [6.07, 6.45) is 1.36. The Kier molecular flexibility index (Phi) is 5.11. The van der Waals surface area contributed by atoms with E-state index < -0.39 is 17.3 Å². The molecule has 0 bridgehead atoms. The van der Waals surface area contributed by atoms with Crippen LogP contribution in [0.2, 0.25) is 5.02 Å². The summed E-state index contributed by atoms with van der Waals surface area (Å²) in [5.41, 5.74) is -1.10. The molecule has 0 radical (unpaired) electrons. The van der Waals surface area contributed by atoms with Crippen LogP contribution in [-0.2, 0) is 0 Å². The highest BCUT2D eigenvalue weighted by molar-refractivity contribution is 6.30. The number of hydrogen-bond acceptors (Lipinski definition) is 2. The molecule has 1 amide bonds. The predicted molar refractivity (Wildman–Crippen MR) is 69.3 cm³/mol. The second-order valence-corrected chi connectivity index (χ2v) is 4.99. The topological polar surface area (TPSA) is 49.3 Å². The molecule has 100 valence electrons. The van der Waals surface area contributed by atoms with Gasteiger partial charge in [-0.05, 0) is 31.5 Å². The maximum Gasteiger partial charge on any atom is 0.254 e. The fraction of sp³-hybridized carbons (Fsp3) is 0.462. The van der Waals surface area contributed by atoms with Gasteiger partial charge in [0.25, 0.3) is 5.91 Å². The molecule has 0 saturated carbocycles. The summed E-state index contributed by atoms with van der Waals surface area (Å²) in [7, 11) is 0. The van der Waals surface area contributed by atoms with E-state index in [4.69, 9.17) is 11.6 Å². The first-order chi connectivity index (χ1) is 8.35. The van der Waals surface area contributed by atoms with Gasteiger partial charge in [0, 0.05) is 11.6 Å². The van der Waals surface area contributed by atoms with Crippen molar-refractivity contribution < 1.29 is 14.3 Å². The number of carbonyl (C=O) groups excluding carboxylic acids is 1. The minimum atomic E-state index is -0.987. The molecule has 2 N–H and O–H groups in total. The first-order valence-corrected chi connectivity index (χ1v) is 6.19. The summed E-state index contributed by atoms with van der Waals surface area (Å²) >= 11 is 5.70. The SMILES string of the molecule is CCCC(C)(O)CNC(=O)c1cc(Cl)ccc1F. The highest BCUT2D eigenvalue weighted by Crippen LogP contribution is 2.15. The van der Waals surface area contributed by atoms with Gasteiger partial charge in [-0.2, -0.15) is 0 Å². The van der Waals surface area contributed by atoms with E-state index in [0.29, 0.717) is 11.4 Å². The first kappa shape index (κ1) is 14.9. The number of nitrogens with one attached hydrogen (secondary N) is 1. The fourth-order valence-corrected chi connectivity index (χ4v) is 1.84. The summed E-state index contributed by atoms with van der Waals surface area (Å²) in [6, 6.07) is 3.78. The van der Waals surface area contributed by atoms with E-state index >= 15 is 0 Å². The summed E-state index contributed by atoms with van der Waals surface area (Å²) < 4.78 is 13.4. The minimum Gasteiger partial charge on any atom is -0.388 e. The number of hydrogen-bond donors (Lipinski definition) is 2. The van der Waals surface area contributed by atoms with Gasteiger partial charge in [0.15, 0.2) is 0 Å². The maximum absolute atomic E-state index is 13.4. The van der Waals surface area contributed by atoms with Gasteiger partial charge >= 0.3 is 0 Å². The van der Waals surface area contributed by atoms with Gasteiger partial charge in [0.2, 0.25) is 0 Å². The van der Waals surface area contributed by atoms with Crippen LogP contribution in [0, 0.1) is 5.82 Å². The Morgan fingerprint density at radius 1 is 1.56 bits per heavy atom. The molecule has 1 rings (SSSR count). The molecule has 0 aromatic heterocycles. The molecule has 18 heavy (non-hydrogen) atoms. The number of carbonyl (C=O) groups is 1. The molecule has 1 atom stereocenters. The summed E-state index contributed by atoms with van der Waals surface area (Å²) in [5, 5.41) is 12.7. The van der Waals surface area contributed by atoms with Crippen molar-refractivity contribution in [3.63, 3.8) is 0 Å². The number of halogens is 2. The summed E-state index contributed by atoms with van der Waals surface area (Å²) in [6.45, 7) is 3.64. The molecule has 1 aromatic rings. The van der Waals surface area contributed by atoms with Crippen molar-refractivity contribution in [3.05, 3.63) is 34.6 Å². The van der Waals surface area contributed by atoms with Gasteiger partial charge in [-0.15, -0.1) is 0 Å². The zero-order valence-corrected chi connectivity index (χ0v) is 11.2. The molecule has 0 fully saturated rings. The van der Waals surface area contributed by atoms with Crippen LogP contribution in [0.5, 0.6) is 0 Å². The highest BCUT2D eigenvalue weighted by Gasteiger charge is 2.21. The zero-order chi connectivity index (χ0) is 13.8. The number of rotatable bonds is 5. The Hall–Kier alpha value is -1.13. The Labute approximate surface area is 111 Å². The Morgan fingerprint density at radius 3 is 2.83 bits per heavy atom. The molecule has 1 aromatic carbocycles. The molecule has 1 unspecified atom stereocenters. The standard InChI is InChI=1S/C13H17ClFNO2/c1-3-6-13(2,18)8-16-12(17)10-7-9(14)4-5-11(10)15/h4-5,7,18H,3,6,8H2,1-2H3,(H,16,17). The van der Waals surface area contributed by atoms with Gasteiger partial charge in [-0.25, -0.2) is 4.39 Å². The maximum atomic E-state index is 13.4. The van der Waals surface area contributed by atoms with Crippen molar-refractivity contribution in [1.82, 2.24) is 5.32 Å². The van der Waals surface area contributed by atoms with Crippen molar-refractivity contribution in [2.45, 2.75) is 32.3 Å². The van der Waals surface area contributed by atoms with Crippen molar-refractivity contribution in [3.8, 4) is 0 Å². The average Bonchev–Trinajstić information content (AvgIpc) is 2.29. The Bertz CT molecular complexity index is 435. The molecule has 0 aliphatic heterocycles. The van der Waals surface area contributed by atoms with Crippen LogP contribution in [0.15, 0.2) is 18.2 Å². The van der Waals surface area contributed by atoms with E-state index in [1.807, 2.05) is 6.92 Å². The average molecular weight is 274 g/mol. The van der Waals surface area contributed by atoms with Gasteiger partial charge < -0.3 is 10.4 Å². The van der Waals surface area contributed by atoms with Crippen molar-refractivity contribution >= 4 is 17.5 Å². The van der Waals surface area contributed by atoms with E-state index in [1.54, 1.807) is 6.92 Å². The van der Waals surface area contributed by atoms with Crippen LogP contribution >= 0.6 is 11.6 Å². The third-order valence-corrected chi connectivity index (χ3v) is 2.83. The monoisotopic (exact) mass is 273 g/mol. The lowest BCUT2D eigenvalue weighted by Gasteiger charge is -2.22. The Balaban J connectivity index is 2.69. The number of aliphatic hydroxyl groups is 1. The van der Waals surface area contributed by atoms with Crippen LogP contribution < -0.4 is 5.32 Å². The third kappa shape index (κ3) is 4.27. The van der Waals surface area contributed by atoms with Crippen LogP contribution in [0.4, 0.5) is 4.39 Å². The summed E-state index contributed by atoms with van der Waals surface area (Å²) in [5.74, 6) is -1.21. The number of benzene rings is 1. The lowest BCUT2D eigenvalue weighted by atomic mass is 10.0. The van der Waals surface area contributed by atoms with Crippen LogP contribution in [0.25, 0.3) is 0 Å². The lowest BCUT2D eigenvalue weighted by molar-refractivity contribution is 0.0468. The van der Waals surface area contributed by atoms with Crippen molar-refractivity contribution in [1.29, 1.82) is 0 Å². The van der Waals surface area contributed by atoms with Gasteiger partial charge in [0.1, 0.15) is 5.82 Å². The lowest BCUT2D eigenvalue weighted by Crippen LogP contribution is -2.40. The van der Waals surface area contributed by atoms with E-state index in [0.717, 1.165) is 12.5 Å². The summed E-state index contributed by atoms with van der Waals surface area (Å²) in [4.78, 5) is 11.7. The second-order valence-electron chi connectivity index (χ2n) is 4.55. The minimum absolute atomic E-state index is 0.0750. The van der Waals surface area contributed by atoms with Gasteiger partial charge in [-0.3, -0.25) is 4.79 Å². The third-order valence-electron chi connectivity index (χ3n) is 2.59. The molecule has 3 nitrogen and oxygen atoms in total. The van der Waals surface area contributed by atoms with Crippen molar-refractivity contribution in [2.75, 3.05) is 6.54 Å². The fourth-order valence-electron chi connectivity index (χ4n) is 1.66. The Morgan fingerprint density at radius 2 is 2.22 bits per heavy atom. The van der Waals surface area contributed by atoms with E-state index in [-0.39, 0.29) is 12.1 Å². The quantitative estimate of drug-likeness (QED) is 0.867. The van der Waals surface area contributed by atoms with Gasteiger partial charge in [0.05, 0.1) is 11.2 Å². The molecular formula is C13H17ClFNO2. The molecule has 0 aliphatic rings. The predicted octanol–water partition coefficient (Wildman–Crippen LogP) is 2.76. The molecule has 5 heteroatoms. The van der Waals surface area contributed by atoms with Crippen LogP contribution in [0.3, 0.4) is 0 Å². The van der Waals surface area contributed by atoms with E-state index in [2.05, 4.69) is 5.32 Å². The van der Waals surface area contributed by atoms with E-state index in [1.165, 1.54) is 12.1 Å². The molecule has 0 aliphatic carbocycles. The highest BCUT2D eigenvalue weighted by atomic mass is 35.5. The normalized spacial score (nSPS) is 14.1. The molecule has 0 spiro atoms.